The third-order valence-electron chi connectivity index (χ3n) is 12.4. The Morgan fingerprint density at radius 1 is 0.855 bits per heavy atom. The molecular weight excluding hydrogens is 695 g/mol. The van der Waals surface area contributed by atoms with Gasteiger partial charge in [-0.1, -0.05) is 90.4 Å². The second kappa shape index (κ2) is 22.3. The van der Waals surface area contributed by atoms with Crippen molar-refractivity contribution in [1.29, 1.82) is 0 Å². The summed E-state index contributed by atoms with van der Waals surface area (Å²) in [6.45, 7) is 6.48. The Morgan fingerprint density at radius 3 is 2.27 bits per heavy atom. The van der Waals surface area contributed by atoms with Crippen LogP contribution in [0.5, 0.6) is 0 Å². The second-order valence-electron chi connectivity index (χ2n) is 16.6. The number of nitrogens with one attached hydrogen (secondary N) is 1. The first-order chi connectivity index (χ1) is 26.8. The fourth-order valence-corrected chi connectivity index (χ4v) is 9.47. The molecule has 310 valence electrons. The van der Waals surface area contributed by atoms with Crippen LogP contribution in [-0.2, 0) is 19.1 Å². The molecule has 3 saturated heterocycles. The molecule has 13 heteroatoms. The van der Waals surface area contributed by atoms with Crippen LogP contribution in [0.4, 0.5) is 0 Å². The number of nitrogens with two attached hydrogens (primary N) is 3. The molecule has 0 spiro atoms. The lowest BCUT2D eigenvalue weighted by Gasteiger charge is -2.46. The molecule has 3 fully saturated rings. The van der Waals surface area contributed by atoms with E-state index in [1.54, 1.807) is 0 Å². The molecule has 0 aromatic rings. The highest BCUT2D eigenvalue weighted by Crippen LogP contribution is 2.40. The van der Waals surface area contributed by atoms with Crippen LogP contribution in [-0.4, -0.2) is 96.1 Å². The van der Waals surface area contributed by atoms with Crippen LogP contribution in [0.3, 0.4) is 0 Å². The Morgan fingerprint density at radius 2 is 1.53 bits per heavy atom. The molecule has 5 aliphatic rings. The van der Waals surface area contributed by atoms with Gasteiger partial charge in [0.1, 0.15) is 0 Å². The Balaban J connectivity index is 0.945. The Hall–Kier alpha value is -3.51. The summed E-state index contributed by atoms with van der Waals surface area (Å²) in [5, 5.41) is 3.77. The van der Waals surface area contributed by atoms with Crippen molar-refractivity contribution < 1.29 is 19.1 Å². The van der Waals surface area contributed by atoms with E-state index in [1.807, 2.05) is 4.90 Å². The quantitative estimate of drug-likeness (QED) is 0.0372. The predicted octanol–water partition coefficient (Wildman–Crippen LogP) is 6.00. The fraction of sp³-hybridized carbons (Fsp3) is 0.833. The minimum atomic E-state index is -0.278. The van der Waals surface area contributed by atoms with Crippen LogP contribution >= 0.6 is 0 Å². The first-order valence-electron chi connectivity index (χ1n) is 22.1. The van der Waals surface area contributed by atoms with Gasteiger partial charge in [0.15, 0.2) is 17.9 Å². The number of rotatable bonds is 25. The Labute approximate surface area is 330 Å². The van der Waals surface area contributed by atoms with Crippen molar-refractivity contribution >= 4 is 29.8 Å². The smallest absolute Gasteiger partial charge is 0.337 e. The molecule has 55 heavy (non-hydrogen) atoms. The van der Waals surface area contributed by atoms with Crippen LogP contribution in [0.2, 0.25) is 0 Å². The van der Waals surface area contributed by atoms with Gasteiger partial charge in [0, 0.05) is 36.9 Å². The van der Waals surface area contributed by atoms with Crippen LogP contribution in [0.25, 0.3) is 0 Å². The van der Waals surface area contributed by atoms with Gasteiger partial charge in [-0.05, 0) is 71.1 Å². The lowest BCUT2D eigenvalue weighted by atomic mass is 9.89. The zero-order valence-corrected chi connectivity index (χ0v) is 34.2. The van der Waals surface area contributed by atoms with E-state index in [2.05, 4.69) is 29.1 Å². The van der Waals surface area contributed by atoms with Crippen LogP contribution in [0.15, 0.2) is 26.2 Å². The molecule has 5 heterocycles. The molecule has 0 aromatic carbocycles. The summed E-state index contributed by atoms with van der Waals surface area (Å²) in [6.07, 6.45) is 25.3. The van der Waals surface area contributed by atoms with E-state index in [0.717, 1.165) is 108 Å². The molecule has 5 rings (SSSR count). The third-order valence-corrected chi connectivity index (χ3v) is 12.4. The molecule has 6 atom stereocenters. The van der Waals surface area contributed by atoms with Crippen molar-refractivity contribution in [3.63, 3.8) is 0 Å². The van der Waals surface area contributed by atoms with Gasteiger partial charge in [0.05, 0.1) is 36.8 Å². The summed E-state index contributed by atoms with van der Waals surface area (Å²) in [7, 11) is 0. The van der Waals surface area contributed by atoms with Crippen LogP contribution in [0, 0.1) is 5.92 Å². The number of carbonyl (C=O) groups excluding carboxylic acids is 2. The topological polar surface area (TPSA) is 186 Å². The lowest BCUT2D eigenvalue weighted by molar-refractivity contribution is -0.151. The zero-order chi connectivity index (χ0) is 39.0. The highest BCUT2D eigenvalue weighted by atomic mass is 16.5. The maximum absolute atomic E-state index is 13.4. The second-order valence-corrected chi connectivity index (χ2v) is 16.6. The Kier molecular flexibility index (Phi) is 17.3. The molecule has 5 aliphatic heterocycles. The first-order valence-corrected chi connectivity index (χ1v) is 22.1. The molecule has 0 aliphatic carbocycles. The number of esters is 2. The average molecular weight is 768 g/mol. The molecule has 0 bridgehead atoms. The van der Waals surface area contributed by atoms with Crippen molar-refractivity contribution in [2.75, 3.05) is 26.3 Å². The van der Waals surface area contributed by atoms with E-state index >= 15 is 0 Å². The first kappa shape index (κ1) is 42.6. The van der Waals surface area contributed by atoms with Crippen molar-refractivity contribution in [1.82, 2.24) is 15.1 Å². The number of carbonyl (C=O) groups is 2. The number of hydrogen-bond acceptors (Lipinski definition) is 11. The van der Waals surface area contributed by atoms with Gasteiger partial charge >= 0.3 is 11.9 Å². The average Bonchev–Trinajstić information content (AvgIpc) is 3.82. The summed E-state index contributed by atoms with van der Waals surface area (Å²) in [4.78, 5) is 44.8. The molecule has 7 N–H and O–H groups in total. The zero-order valence-electron chi connectivity index (χ0n) is 34.2. The molecule has 1 unspecified atom stereocenters. The Bertz CT molecular complexity index is 1360. The highest BCUT2D eigenvalue weighted by Gasteiger charge is 2.51. The predicted molar refractivity (Wildman–Crippen MR) is 220 cm³/mol. The minimum Gasteiger partial charge on any atom is -0.465 e. The molecular formula is C42H73N9O4. The molecule has 13 nitrogen and oxygen atoms in total. The van der Waals surface area contributed by atoms with Gasteiger partial charge < -0.3 is 41.8 Å². The normalized spacial score (nSPS) is 25.5. The number of unbranched alkanes of at least 4 members (excludes halogenated alkanes) is 13. The van der Waals surface area contributed by atoms with Gasteiger partial charge in [0.2, 0.25) is 0 Å². The van der Waals surface area contributed by atoms with Gasteiger partial charge in [-0.15, -0.1) is 0 Å². The molecule has 0 saturated carbocycles. The number of allylic oxidation sites excluding steroid dienone is 1. The number of ether oxygens (including phenoxy) is 2. The molecule has 0 amide bonds. The monoisotopic (exact) mass is 768 g/mol. The van der Waals surface area contributed by atoms with Gasteiger partial charge in [0.25, 0.3) is 0 Å². The van der Waals surface area contributed by atoms with Gasteiger partial charge in [-0.3, -0.25) is 9.79 Å². The van der Waals surface area contributed by atoms with E-state index in [4.69, 9.17) is 36.7 Å². The highest BCUT2D eigenvalue weighted by molar-refractivity contribution is 5.95. The maximum Gasteiger partial charge on any atom is 0.337 e. The lowest BCUT2D eigenvalue weighted by Crippen LogP contribution is -2.63. The van der Waals surface area contributed by atoms with E-state index in [1.165, 1.54) is 51.4 Å². The van der Waals surface area contributed by atoms with Gasteiger partial charge in [-0.25, -0.2) is 14.8 Å². The van der Waals surface area contributed by atoms with Crippen molar-refractivity contribution in [2.45, 2.75) is 192 Å². The van der Waals surface area contributed by atoms with Gasteiger partial charge in [-0.2, -0.15) is 0 Å². The summed E-state index contributed by atoms with van der Waals surface area (Å²) in [6, 6.07) is 0.876. The summed E-state index contributed by atoms with van der Waals surface area (Å²) < 4.78 is 11.6. The summed E-state index contributed by atoms with van der Waals surface area (Å²) in [5.41, 5.74) is 18.8. The minimum absolute atomic E-state index is 0.0639. The largest absolute Gasteiger partial charge is 0.465 e. The standard InChI is InChI=1S/C42H73N9O4/c1-3-4-5-6-8-11-14-20-31-29-32-23-24-35-36(30(2)47-42(48-31)51(32)35)38(52)54-27-17-13-10-7-9-12-15-21-33-37(34-22-19-26-50(34)41(45)49-33)39(53)55-28-18-16-25-46-40(43)44/h30-33,35-36H,3-29H2,1-2H3,(H2,45,49)(H,47,48)(H4,43,44,46)/t30-,31-,32+,33?,35+,36+/m1/s1. The molecule has 0 radical (unpaired) electrons. The summed E-state index contributed by atoms with van der Waals surface area (Å²) in [5.74, 6) is 1.09. The molecule has 0 aromatic heterocycles. The van der Waals surface area contributed by atoms with Crippen molar-refractivity contribution in [3.05, 3.63) is 11.3 Å². The number of guanidine groups is 3. The van der Waals surface area contributed by atoms with Crippen molar-refractivity contribution in [3.8, 4) is 0 Å². The number of aliphatic imine (C=N–C) groups is 3. The van der Waals surface area contributed by atoms with Crippen LogP contribution < -0.4 is 22.5 Å². The SMILES string of the molecule is CCCCCCCCC[C@@H]1C[C@@H]2CC[C@H]3[C@@H](C(=O)OCCCCCCCCCC4N=C(N)N5CCCC5=C4C(=O)OCCCCN=C(N)N)[C@@H](C)N=C(N1)N23. The van der Waals surface area contributed by atoms with E-state index < -0.39 is 0 Å². The third kappa shape index (κ3) is 12.2. The van der Waals surface area contributed by atoms with E-state index in [-0.39, 0.29) is 41.9 Å². The van der Waals surface area contributed by atoms with Crippen LogP contribution in [0.1, 0.15) is 162 Å². The number of fused-ring (bicyclic) bond motifs is 1. The number of hydrogen-bond donors (Lipinski definition) is 4. The number of nitrogens with zero attached hydrogens (tertiary/aromatic N) is 5. The maximum atomic E-state index is 13.4. The van der Waals surface area contributed by atoms with Crippen molar-refractivity contribution in [2.24, 2.45) is 38.1 Å². The fourth-order valence-electron chi connectivity index (χ4n) is 9.47. The van der Waals surface area contributed by atoms with E-state index in [9.17, 15) is 9.59 Å². The van der Waals surface area contributed by atoms with E-state index in [0.29, 0.717) is 49.8 Å². The summed E-state index contributed by atoms with van der Waals surface area (Å²) >= 11 is 0.